The highest BCUT2D eigenvalue weighted by Gasteiger charge is 2.18. The molecule has 0 saturated carbocycles. The minimum Gasteiger partial charge on any atom is -0.479 e. The number of amides is 1. The fourth-order valence-electron chi connectivity index (χ4n) is 1.44. The molecule has 0 radical (unpaired) electrons. The molecule has 0 aliphatic carbocycles. The normalized spacial score (nSPS) is 13.4. The van der Waals surface area contributed by atoms with Crippen molar-refractivity contribution in [1.29, 1.82) is 0 Å². The number of carbonyl (C=O) groups is 2. The van der Waals surface area contributed by atoms with Crippen LogP contribution in [0.5, 0.6) is 5.75 Å². The Morgan fingerprint density at radius 1 is 1.40 bits per heavy atom. The van der Waals surface area contributed by atoms with Crippen molar-refractivity contribution in [2.75, 3.05) is 0 Å². The average molecular weight is 300 g/mol. The fraction of sp³-hybridized carbons (Fsp3) is 0.429. The first-order valence-corrected chi connectivity index (χ1v) is 6.72. The Bertz CT molecular complexity index is 504. The number of carbonyl (C=O) groups excluding carboxylic acids is 1. The van der Waals surface area contributed by atoms with Gasteiger partial charge in [0.05, 0.1) is 10.6 Å². The lowest BCUT2D eigenvalue weighted by Gasteiger charge is -2.18. The molecule has 2 N–H and O–H groups in total. The number of rotatable bonds is 6. The molecule has 0 saturated heterocycles. The Labute approximate surface area is 122 Å². The number of nitrogens with one attached hydrogen (secondary N) is 1. The van der Waals surface area contributed by atoms with Crippen LogP contribution in [0.15, 0.2) is 18.2 Å². The van der Waals surface area contributed by atoms with Crippen molar-refractivity contribution in [2.24, 2.45) is 0 Å². The third-order valence-electron chi connectivity index (χ3n) is 2.85. The van der Waals surface area contributed by atoms with Gasteiger partial charge in [-0.25, -0.2) is 4.79 Å². The lowest BCUT2D eigenvalue weighted by molar-refractivity contribution is -0.127. The number of carboxylic acid groups (broad SMARTS) is 1. The molecule has 1 aromatic carbocycles. The highest BCUT2D eigenvalue weighted by atomic mass is 35.5. The van der Waals surface area contributed by atoms with Gasteiger partial charge < -0.3 is 15.2 Å². The van der Waals surface area contributed by atoms with Gasteiger partial charge in [0.2, 0.25) is 0 Å². The summed E-state index contributed by atoms with van der Waals surface area (Å²) in [6.45, 7) is 5.48. The summed E-state index contributed by atoms with van der Waals surface area (Å²) in [6.07, 6.45) is 0.115. The predicted octanol–water partition coefficient (Wildman–Crippen LogP) is 2.72. The van der Waals surface area contributed by atoms with Gasteiger partial charge in [-0.15, -0.1) is 0 Å². The highest BCUT2D eigenvalue weighted by molar-refractivity contribution is 6.32. The van der Waals surface area contributed by atoms with E-state index in [1.54, 1.807) is 6.92 Å². The number of halogens is 1. The topological polar surface area (TPSA) is 75.6 Å². The van der Waals surface area contributed by atoms with Gasteiger partial charge in [-0.2, -0.15) is 0 Å². The maximum atomic E-state index is 11.8. The van der Waals surface area contributed by atoms with Crippen LogP contribution in [-0.2, 0) is 4.79 Å². The van der Waals surface area contributed by atoms with Gasteiger partial charge in [-0.3, -0.25) is 4.79 Å². The van der Waals surface area contributed by atoms with Crippen LogP contribution < -0.4 is 10.1 Å². The molecule has 0 fully saturated rings. The molecule has 6 heteroatoms. The van der Waals surface area contributed by atoms with Crippen LogP contribution in [0.4, 0.5) is 0 Å². The molecule has 2 unspecified atom stereocenters. The third kappa shape index (κ3) is 4.42. The predicted molar refractivity (Wildman–Crippen MR) is 76.4 cm³/mol. The molecular formula is C14H18ClNO4. The summed E-state index contributed by atoms with van der Waals surface area (Å²) in [7, 11) is 0. The summed E-state index contributed by atoms with van der Waals surface area (Å²) in [4.78, 5) is 22.6. The van der Waals surface area contributed by atoms with Crippen LogP contribution in [0, 0.1) is 0 Å². The molecule has 20 heavy (non-hydrogen) atoms. The second-order valence-corrected chi connectivity index (χ2v) is 4.94. The SMILES string of the molecule is CCC(C)NC(=O)C(C)Oc1ccc(C(=O)O)cc1Cl. The first-order chi connectivity index (χ1) is 9.35. The molecule has 5 nitrogen and oxygen atoms in total. The maximum absolute atomic E-state index is 11.8. The number of carboxylic acids is 1. The average Bonchev–Trinajstić information content (AvgIpc) is 2.40. The Hall–Kier alpha value is -1.75. The molecule has 110 valence electrons. The summed E-state index contributed by atoms with van der Waals surface area (Å²) in [5.74, 6) is -1.03. The summed E-state index contributed by atoms with van der Waals surface area (Å²) >= 11 is 5.94. The molecule has 1 rings (SSSR count). The van der Waals surface area contributed by atoms with Gasteiger partial charge in [0.25, 0.3) is 5.91 Å². The summed E-state index contributed by atoms with van der Waals surface area (Å²) in [5.41, 5.74) is 0.0686. The molecule has 1 amide bonds. The van der Waals surface area contributed by atoms with Gasteiger partial charge in [-0.1, -0.05) is 18.5 Å². The molecule has 0 aromatic heterocycles. The van der Waals surface area contributed by atoms with E-state index in [0.717, 1.165) is 6.42 Å². The Balaban J connectivity index is 2.73. The molecule has 1 aromatic rings. The second-order valence-electron chi connectivity index (χ2n) is 4.53. The van der Waals surface area contributed by atoms with E-state index >= 15 is 0 Å². The van der Waals surface area contributed by atoms with Crippen LogP contribution in [0.1, 0.15) is 37.6 Å². The molecule has 2 atom stereocenters. The monoisotopic (exact) mass is 299 g/mol. The van der Waals surface area contributed by atoms with Crippen molar-refractivity contribution in [3.05, 3.63) is 28.8 Å². The lowest BCUT2D eigenvalue weighted by atomic mass is 10.2. The largest absolute Gasteiger partial charge is 0.479 e. The Morgan fingerprint density at radius 3 is 2.55 bits per heavy atom. The van der Waals surface area contributed by atoms with Gasteiger partial charge in [0, 0.05) is 6.04 Å². The zero-order valence-electron chi connectivity index (χ0n) is 11.6. The molecule has 0 aliphatic heterocycles. The Morgan fingerprint density at radius 2 is 2.05 bits per heavy atom. The number of hydrogen-bond donors (Lipinski definition) is 2. The molecule has 0 spiro atoms. The number of aromatic carboxylic acids is 1. The van der Waals surface area contributed by atoms with Gasteiger partial charge in [-0.05, 0) is 38.5 Å². The standard InChI is InChI=1S/C14H18ClNO4/c1-4-8(2)16-13(17)9(3)20-12-6-5-10(14(18)19)7-11(12)15/h5-9H,4H2,1-3H3,(H,16,17)(H,18,19). The van der Waals surface area contributed by atoms with E-state index in [-0.39, 0.29) is 28.3 Å². The maximum Gasteiger partial charge on any atom is 0.335 e. The molecular weight excluding hydrogens is 282 g/mol. The van der Waals surface area contributed by atoms with Gasteiger partial charge in [0.15, 0.2) is 6.10 Å². The van der Waals surface area contributed by atoms with Crippen LogP contribution in [0.2, 0.25) is 5.02 Å². The minimum absolute atomic E-state index is 0.0680. The van der Waals surface area contributed by atoms with Crippen molar-refractivity contribution in [3.63, 3.8) is 0 Å². The third-order valence-corrected chi connectivity index (χ3v) is 3.15. The summed E-state index contributed by atoms with van der Waals surface area (Å²) in [5, 5.41) is 11.8. The van der Waals surface area contributed by atoms with Crippen molar-refractivity contribution in [1.82, 2.24) is 5.32 Å². The van der Waals surface area contributed by atoms with Crippen molar-refractivity contribution >= 4 is 23.5 Å². The van der Waals surface area contributed by atoms with Crippen LogP contribution in [0.3, 0.4) is 0 Å². The molecule has 0 bridgehead atoms. The smallest absolute Gasteiger partial charge is 0.335 e. The van der Waals surface area contributed by atoms with Crippen LogP contribution in [-0.4, -0.2) is 29.1 Å². The van der Waals surface area contributed by atoms with Crippen LogP contribution in [0.25, 0.3) is 0 Å². The lowest BCUT2D eigenvalue weighted by Crippen LogP contribution is -2.41. The van der Waals surface area contributed by atoms with Gasteiger partial charge >= 0.3 is 5.97 Å². The summed E-state index contributed by atoms with van der Waals surface area (Å²) in [6, 6.07) is 4.18. The Kier molecular flexibility index (Phi) is 5.82. The van der Waals surface area contributed by atoms with E-state index in [1.165, 1.54) is 18.2 Å². The van der Waals surface area contributed by atoms with E-state index in [2.05, 4.69) is 5.32 Å². The number of benzene rings is 1. The van der Waals surface area contributed by atoms with Crippen LogP contribution >= 0.6 is 11.6 Å². The highest BCUT2D eigenvalue weighted by Crippen LogP contribution is 2.26. The van der Waals surface area contributed by atoms with E-state index in [1.807, 2.05) is 13.8 Å². The minimum atomic E-state index is -1.07. The zero-order valence-corrected chi connectivity index (χ0v) is 12.4. The van der Waals surface area contributed by atoms with E-state index < -0.39 is 12.1 Å². The zero-order chi connectivity index (χ0) is 15.3. The molecule has 0 aliphatic rings. The van der Waals surface area contributed by atoms with E-state index in [9.17, 15) is 9.59 Å². The van der Waals surface area contributed by atoms with E-state index in [4.69, 9.17) is 21.4 Å². The van der Waals surface area contributed by atoms with Crippen molar-refractivity contribution in [3.8, 4) is 5.75 Å². The van der Waals surface area contributed by atoms with E-state index in [0.29, 0.717) is 0 Å². The first-order valence-electron chi connectivity index (χ1n) is 6.35. The van der Waals surface area contributed by atoms with Crippen molar-refractivity contribution in [2.45, 2.75) is 39.3 Å². The number of hydrogen-bond acceptors (Lipinski definition) is 3. The quantitative estimate of drug-likeness (QED) is 0.847. The second kappa shape index (κ2) is 7.14. The summed E-state index contributed by atoms with van der Waals surface area (Å²) < 4.78 is 5.45. The first kappa shape index (κ1) is 16.3. The van der Waals surface area contributed by atoms with Crippen molar-refractivity contribution < 1.29 is 19.4 Å². The number of ether oxygens (including phenoxy) is 1. The fourth-order valence-corrected chi connectivity index (χ4v) is 1.66. The van der Waals surface area contributed by atoms with Gasteiger partial charge in [0.1, 0.15) is 5.75 Å². The molecule has 0 heterocycles.